The van der Waals surface area contributed by atoms with Crippen LogP contribution in [0.5, 0.6) is 0 Å². The second-order valence-electron chi connectivity index (χ2n) is 4.40. The van der Waals surface area contributed by atoms with Crippen molar-refractivity contribution in [3.05, 3.63) is 15.9 Å². The molecular weight excluding hydrogens is 266 g/mol. The number of aromatic nitrogens is 2. The van der Waals surface area contributed by atoms with Crippen molar-refractivity contribution in [1.82, 2.24) is 15.1 Å². The maximum absolute atomic E-state index is 4.49. The van der Waals surface area contributed by atoms with Crippen LogP contribution in [-0.4, -0.2) is 22.4 Å². The first-order valence-corrected chi connectivity index (χ1v) is 6.79. The molecule has 0 bridgehead atoms. The molecule has 92 valence electrons. The van der Waals surface area contributed by atoms with Gasteiger partial charge in [-0.3, -0.25) is 4.68 Å². The van der Waals surface area contributed by atoms with Crippen LogP contribution in [0.4, 0.5) is 0 Å². The number of aryl methyl sites for hydroxylation is 2. The van der Waals surface area contributed by atoms with E-state index in [4.69, 9.17) is 0 Å². The summed E-state index contributed by atoms with van der Waals surface area (Å²) in [5.74, 6) is 0. The van der Waals surface area contributed by atoms with Crippen molar-refractivity contribution in [3.63, 3.8) is 0 Å². The summed E-state index contributed by atoms with van der Waals surface area (Å²) in [5, 5.41) is 7.92. The predicted molar refractivity (Wildman–Crippen MR) is 71.7 cm³/mol. The van der Waals surface area contributed by atoms with Gasteiger partial charge >= 0.3 is 0 Å². The van der Waals surface area contributed by atoms with Crippen LogP contribution in [0, 0.1) is 0 Å². The van der Waals surface area contributed by atoms with Gasteiger partial charge in [0.1, 0.15) is 0 Å². The molecule has 0 aliphatic heterocycles. The molecule has 1 aromatic rings. The zero-order valence-corrected chi connectivity index (χ0v) is 12.3. The minimum absolute atomic E-state index is 0.571. The van der Waals surface area contributed by atoms with Crippen LogP contribution in [0.2, 0.25) is 0 Å². The average Bonchev–Trinajstić information content (AvgIpc) is 2.50. The van der Waals surface area contributed by atoms with Gasteiger partial charge in [0.2, 0.25) is 0 Å². The van der Waals surface area contributed by atoms with Crippen LogP contribution in [0.25, 0.3) is 0 Å². The maximum atomic E-state index is 4.49. The minimum Gasteiger partial charge on any atom is -0.315 e. The van der Waals surface area contributed by atoms with E-state index in [1.165, 1.54) is 10.2 Å². The number of halogens is 1. The summed E-state index contributed by atoms with van der Waals surface area (Å²) in [7, 11) is 2.02. The van der Waals surface area contributed by atoms with Crippen LogP contribution in [0.3, 0.4) is 0 Å². The van der Waals surface area contributed by atoms with Crippen molar-refractivity contribution in [2.24, 2.45) is 7.05 Å². The third-order valence-electron chi connectivity index (χ3n) is 2.65. The van der Waals surface area contributed by atoms with Crippen LogP contribution in [0.1, 0.15) is 38.6 Å². The van der Waals surface area contributed by atoms with Crippen molar-refractivity contribution in [2.45, 2.75) is 46.1 Å². The van der Waals surface area contributed by atoms with Crippen molar-refractivity contribution in [3.8, 4) is 0 Å². The highest BCUT2D eigenvalue weighted by Gasteiger charge is 2.11. The first kappa shape index (κ1) is 13.7. The smallest absolute Gasteiger partial charge is 0.0766 e. The molecule has 0 aliphatic rings. The van der Waals surface area contributed by atoms with Gasteiger partial charge in [0.15, 0.2) is 0 Å². The Labute approximate surface area is 107 Å². The van der Waals surface area contributed by atoms with Gasteiger partial charge in [0.05, 0.1) is 15.9 Å². The zero-order valence-electron chi connectivity index (χ0n) is 10.7. The Hall–Kier alpha value is -0.350. The SMILES string of the molecule is CCc1nn(C)c(CCCNC(C)C)c1Br. The van der Waals surface area contributed by atoms with E-state index in [1.807, 2.05) is 11.7 Å². The summed E-state index contributed by atoms with van der Waals surface area (Å²) < 4.78 is 3.19. The molecule has 1 heterocycles. The molecule has 1 N–H and O–H groups in total. The molecule has 4 heteroatoms. The monoisotopic (exact) mass is 287 g/mol. The fraction of sp³-hybridized carbons (Fsp3) is 0.750. The van der Waals surface area contributed by atoms with E-state index in [0.717, 1.165) is 31.5 Å². The van der Waals surface area contributed by atoms with Gasteiger partial charge < -0.3 is 5.32 Å². The number of hydrogen-bond acceptors (Lipinski definition) is 2. The topological polar surface area (TPSA) is 29.9 Å². The number of hydrogen-bond donors (Lipinski definition) is 1. The lowest BCUT2D eigenvalue weighted by Crippen LogP contribution is -2.24. The first-order chi connectivity index (χ1) is 7.56. The quantitative estimate of drug-likeness (QED) is 0.816. The summed E-state index contributed by atoms with van der Waals surface area (Å²) in [6, 6.07) is 0.571. The molecule has 16 heavy (non-hydrogen) atoms. The zero-order chi connectivity index (χ0) is 12.1. The van der Waals surface area contributed by atoms with Crippen molar-refractivity contribution < 1.29 is 0 Å². The molecule has 0 amide bonds. The van der Waals surface area contributed by atoms with Gasteiger partial charge in [0, 0.05) is 13.1 Å². The highest BCUT2D eigenvalue weighted by Crippen LogP contribution is 2.22. The van der Waals surface area contributed by atoms with E-state index < -0.39 is 0 Å². The Morgan fingerprint density at radius 1 is 1.44 bits per heavy atom. The van der Waals surface area contributed by atoms with Crippen LogP contribution in [0.15, 0.2) is 4.47 Å². The largest absolute Gasteiger partial charge is 0.315 e. The van der Waals surface area contributed by atoms with Gasteiger partial charge in [-0.2, -0.15) is 5.10 Å². The lowest BCUT2D eigenvalue weighted by Gasteiger charge is -2.08. The molecule has 0 saturated carbocycles. The maximum Gasteiger partial charge on any atom is 0.0766 e. The standard InChI is InChI=1S/C12H22BrN3/c1-5-10-12(13)11(16(4)15-10)7-6-8-14-9(2)3/h9,14H,5-8H2,1-4H3. The van der Waals surface area contributed by atoms with Crippen LogP contribution >= 0.6 is 15.9 Å². The molecule has 0 unspecified atom stereocenters. The molecule has 0 radical (unpaired) electrons. The molecular formula is C12H22BrN3. The number of nitrogens with zero attached hydrogens (tertiary/aromatic N) is 2. The van der Waals surface area contributed by atoms with Crippen molar-refractivity contribution in [2.75, 3.05) is 6.54 Å². The molecule has 1 rings (SSSR count). The molecule has 1 aromatic heterocycles. The third kappa shape index (κ3) is 3.59. The Balaban J connectivity index is 2.50. The highest BCUT2D eigenvalue weighted by molar-refractivity contribution is 9.10. The minimum atomic E-state index is 0.571. The van der Waals surface area contributed by atoms with Gasteiger partial charge in [-0.1, -0.05) is 20.8 Å². The average molecular weight is 288 g/mol. The Morgan fingerprint density at radius 2 is 2.12 bits per heavy atom. The van der Waals surface area contributed by atoms with Gasteiger partial charge in [-0.15, -0.1) is 0 Å². The van der Waals surface area contributed by atoms with E-state index in [9.17, 15) is 0 Å². The van der Waals surface area contributed by atoms with E-state index in [1.54, 1.807) is 0 Å². The second-order valence-corrected chi connectivity index (χ2v) is 5.19. The van der Waals surface area contributed by atoms with Crippen LogP contribution in [-0.2, 0) is 19.9 Å². The number of rotatable bonds is 6. The van der Waals surface area contributed by atoms with E-state index in [2.05, 4.69) is 47.1 Å². The van der Waals surface area contributed by atoms with Crippen molar-refractivity contribution >= 4 is 15.9 Å². The lowest BCUT2D eigenvalue weighted by atomic mass is 10.2. The van der Waals surface area contributed by atoms with Crippen molar-refractivity contribution in [1.29, 1.82) is 0 Å². The Kier molecular flexibility index (Phi) is 5.49. The summed E-state index contributed by atoms with van der Waals surface area (Å²) in [6.45, 7) is 7.55. The predicted octanol–water partition coefficient (Wildman–Crippen LogP) is 2.68. The molecule has 0 atom stereocenters. The Bertz CT molecular complexity index is 331. The number of nitrogens with one attached hydrogen (secondary N) is 1. The second kappa shape index (κ2) is 6.40. The lowest BCUT2D eigenvalue weighted by molar-refractivity contribution is 0.561. The molecule has 0 saturated heterocycles. The van der Waals surface area contributed by atoms with E-state index in [-0.39, 0.29) is 0 Å². The summed E-state index contributed by atoms with van der Waals surface area (Å²) in [6.07, 6.45) is 3.21. The summed E-state index contributed by atoms with van der Waals surface area (Å²) in [5.41, 5.74) is 2.47. The molecule has 0 aromatic carbocycles. The van der Waals surface area contributed by atoms with Crippen LogP contribution < -0.4 is 5.32 Å². The molecule has 0 fully saturated rings. The summed E-state index contributed by atoms with van der Waals surface area (Å²) in [4.78, 5) is 0. The fourth-order valence-corrected chi connectivity index (χ4v) is 2.55. The van der Waals surface area contributed by atoms with Gasteiger partial charge in [-0.05, 0) is 41.7 Å². The summed E-state index contributed by atoms with van der Waals surface area (Å²) >= 11 is 3.64. The first-order valence-electron chi connectivity index (χ1n) is 5.99. The normalized spacial score (nSPS) is 11.4. The van der Waals surface area contributed by atoms with E-state index in [0.29, 0.717) is 6.04 Å². The van der Waals surface area contributed by atoms with E-state index >= 15 is 0 Å². The molecule has 3 nitrogen and oxygen atoms in total. The fourth-order valence-electron chi connectivity index (χ4n) is 1.74. The highest BCUT2D eigenvalue weighted by atomic mass is 79.9. The molecule has 0 aliphatic carbocycles. The molecule has 0 spiro atoms. The Morgan fingerprint density at radius 3 is 2.62 bits per heavy atom. The van der Waals surface area contributed by atoms with Gasteiger partial charge in [-0.25, -0.2) is 0 Å². The van der Waals surface area contributed by atoms with Gasteiger partial charge in [0.25, 0.3) is 0 Å². The third-order valence-corrected chi connectivity index (χ3v) is 3.56.